The number of benzene rings is 1. The standard InChI is InChI=1S/C31H34N8O2/c1-21-3-2-4-26(35-21)30-34-16-11-28(38-30)36-27-10-15-33-29(37-27)19-22-5-7-24(8-6-22)39-17-12-23(13-18-39)31(40)41-25-9-14-32-20-25/h2-8,10-11,15-16,23,25,32H,9,12-14,17-20H2,1H3,(H,33,34,36,37,38)/t25-/m0/s1. The van der Waals surface area contributed by atoms with Gasteiger partial charge in [-0.25, -0.2) is 24.9 Å². The van der Waals surface area contributed by atoms with E-state index in [1.807, 2.05) is 31.2 Å². The van der Waals surface area contributed by atoms with Crippen molar-refractivity contribution in [3.63, 3.8) is 0 Å². The smallest absolute Gasteiger partial charge is 0.309 e. The van der Waals surface area contributed by atoms with E-state index in [4.69, 9.17) is 9.72 Å². The second-order valence-corrected chi connectivity index (χ2v) is 10.6. The molecule has 41 heavy (non-hydrogen) atoms. The van der Waals surface area contributed by atoms with Crippen LogP contribution in [0, 0.1) is 12.8 Å². The third-order valence-electron chi connectivity index (χ3n) is 7.52. The maximum absolute atomic E-state index is 12.5. The minimum absolute atomic E-state index is 0.00250. The molecule has 0 unspecified atom stereocenters. The van der Waals surface area contributed by atoms with E-state index in [9.17, 15) is 4.79 Å². The van der Waals surface area contributed by atoms with Crippen molar-refractivity contribution in [2.24, 2.45) is 5.92 Å². The molecule has 2 aliphatic heterocycles. The molecule has 2 saturated heterocycles. The van der Waals surface area contributed by atoms with Gasteiger partial charge in [-0.1, -0.05) is 18.2 Å². The van der Waals surface area contributed by atoms with Gasteiger partial charge in [0.25, 0.3) is 0 Å². The van der Waals surface area contributed by atoms with Gasteiger partial charge in [-0.15, -0.1) is 0 Å². The maximum atomic E-state index is 12.5. The van der Waals surface area contributed by atoms with Crippen molar-refractivity contribution in [1.82, 2.24) is 30.2 Å². The van der Waals surface area contributed by atoms with Gasteiger partial charge in [0, 0.05) is 49.8 Å². The fourth-order valence-electron chi connectivity index (χ4n) is 5.27. The van der Waals surface area contributed by atoms with Crippen molar-refractivity contribution >= 4 is 23.3 Å². The fourth-order valence-corrected chi connectivity index (χ4v) is 5.27. The van der Waals surface area contributed by atoms with Gasteiger partial charge < -0.3 is 20.3 Å². The van der Waals surface area contributed by atoms with Crippen LogP contribution in [-0.4, -0.2) is 63.2 Å². The predicted octanol–water partition coefficient (Wildman–Crippen LogP) is 4.09. The summed E-state index contributed by atoms with van der Waals surface area (Å²) in [6, 6.07) is 17.9. The van der Waals surface area contributed by atoms with Crippen LogP contribution in [-0.2, 0) is 16.0 Å². The summed E-state index contributed by atoms with van der Waals surface area (Å²) in [5.41, 5.74) is 3.94. The minimum Gasteiger partial charge on any atom is -0.461 e. The Morgan fingerprint density at radius 1 is 0.951 bits per heavy atom. The van der Waals surface area contributed by atoms with Crippen molar-refractivity contribution in [1.29, 1.82) is 0 Å². The lowest BCUT2D eigenvalue weighted by atomic mass is 9.96. The Morgan fingerprint density at radius 3 is 2.49 bits per heavy atom. The average molecular weight is 551 g/mol. The zero-order chi connectivity index (χ0) is 28.0. The van der Waals surface area contributed by atoms with E-state index in [0.29, 0.717) is 29.7 Å². The van der Waals surface area contributed by atoms with E-state index < -0.39 is 0 Å². The van der Waals surface area contributed by atoms with Crippen LogP contribution in [0.25, 0.3) is 11.5 Å². The Morgan fingerprint density at radius 2 is 1.73 bits per heavy atom. The number of carbonyl (C=O) groups excluding carboxylic acids is 1. The number of rotatable bonds is 8. The lowest BCUT2D eigenvalue weighted by Crippen LogP contribution is -2.38. The van der Waals surface area contributed by atoms with Crippen LogP contribution in [0.5, 0.6) is 0 Å². The zero-order valence-electron chi connectivity index (χ0n) is 23.2. The summed E-state index contributed by atoms with van der Waals surface area (Å²) in [5.74, 6) is 2.54. The molecule has 3 aromatic heterocycles. The Balaban J connectivity index is 1.04. The summed E-state index contributed by atoms with van der Waals surface area (Å²) in [5, 5.41) is 6.51. The molecular weight excluding hydrogens is 516 g/mol. The SMILES string of the molecule is Cc1cccc(-c2nccc(Nc3ccnc(Cc4ccc(N5CCC(C(=O)O[C@H]6CCNC6)CC5)cc4)n3)n2)n1. The summed E-state index contributed by atoms with van der Waals surface area (Å²) in [4.78, 5) is 37.5. The van der Waals surface area contributed by atoms with Gasteiger partial charge in [0.2, 0.25) is 0 Å². The lowest BCUT2D eigenvalue weighted by molar-refractivity contribution is -0.153. The number of nitrogens with zero attached hydrogens (tertiary/aromatic N) is 6. The first kappa shape index (κ1) is 26.8. The lowest BCUT2D eigenvalue weighted by Gasteiger charge is -2.33. The zero-order valence-corrected chi connectivity index (χ0v) is 23.2. The first-order valence-electron chi connectivity index (χ1n) is 14.2. The Hall–Kier alpha value is -4.44. The number of nitrogens with one attached hydrogen (secondary N) is 2. The van der Waals surface area contributed by atoms with E-state index in [0.717, 1.165) is 62.4 Å². The molecule has 0 radical (unpaired) electrons. The average Bonchev–Trinajstić information content (AvgIpc) is 3.51. The Labute approximate surface area is 239 Å². The van der Waals surface area contributed by atoms with Gasteiger partial charge in [0.05, 0.1) is 5.92 Å². The maximum Gasteiger partial charge on any atom is 0.309 e. The first-order chi connectivity index (χ1) is 20.1. The summed E-state index contributed by atoms with van der Waals surface area (Å²) >= 11 is 0. The highest BCUT2D eigenvalue weighted by Gasteiger charge is 2.29. The second kappa shape index (κ2) is 12.4. The molecule has 10 heteroatoms. The number of hydrogen-bond acceptors (Lipinski definition) is 10. The topological polar surface area (TPSA) is 118 Å². The predicted molar refractivity (Wildman–Crippen MR) is 157 cm³/mol. The highest BCUT2D eigenvalue weighted by molar-refractivity contribution is 5.73. The van der Waals surface area contributed by atoms with Crippen LogP contribution < -0.4 is 15.5 Å². The monoisotopic (exact) mass is 550 g/mol. The Bertz CT molecular complexity index is 1480. The molecule has 0 saturated carbocycles. The number of pyridine rings is 1. The number of hydrogen-bond donors (Lipinski definition) is 2. The molecule has 0 bridgehead atoms. The number of piperidine rings is 1. The molecule has 5 heterocycles. The van der Waals surface area contributed by atoms with E-state index in [-0.39, 0.29) is 18.0 Å². The molecule has 2 aliphatic rings. The molecular formula is C31H34N8O2. The summed E-state index contributed by atoms with van der Waals surface area (Å²) < 4.78 is 5.69. The normalized spacial score (nSPS) is 17.4. The van der Waals surface area contributed by atoms with Crippen LogP contribution in [0.15, 0.2) is 67.0 Å². The van der Waals surface area contributed by atoms with Crippen LogP contribution in [0.2, 0.25) is 0 Å². The van der Waals surface area contributed by atoms with Gasteiger partial charge in [0.1, 0.15) is 29.3 Å². The third kappa shape index (κ3) is 6.83. The van der Waals surface area contributed by atoms with Crippen LogP contribution >= 0.6 is 0 Å². The van der Waals surface area contributed by atoms with Crippen molar-refractivity contribution in [3.8, 4) is 11.5 Å². The second-order valence-electron chi connectivity index (χ2n) is 10.6. The fraction of sp³-hybridized carbons (Fsp3) is 0.355. The highest BCUT2D eigenvalue weighted by Crippen LogP contribution is 2.26. The van der Waals surface area contributed by atoms with Crippen LogP contribution in [0.1, 0.15) is 36.3 Å². The summed E-state index contributed by atoms with van der Waals surface area (Å²) in [6.45, 7) is 5.35. The minimum atomic E-state index is -0.0335. The van der Waals surface area contributed by atoms with E-state index >= 15 is 0 Å². The number of aromatic nitrogens is 5. The van der Waals surface area contributed by atoms with Crippen molar-refractivity contribution < 1.29 is 9.53 Å². The molecule has 0 spiro atoms. The van der Waals surface area contributed by atoms with Gasteiger partial charge >= 0.3 is 5.97 Å². The molecule has 4 aromatic rings. The van der Waals surface area contributed by atoms with Gasteiger partial charge in [-0.05, 0) is 74.7 Å². The summed E-state index contributed by atoms with van der Waals surface area (Å²) in [7, 11) is 0. The molecule has 10 nitrogen and oxygen atoms in total. The largest absolute Gasteiger partial charge is 0.461 e. The highest BCUT2D eigenvalue weighted by atomic mass is 16.5. The number of ether oxygens (including phenoxy) is 1. The van der Waals surface area contributed by atoms with Crippen LogP contribution in [0.3, 0.4) is 0 Å². The quantitative estimate of drug-likeness (QED) is 0.311. The molecule has 1 aromatic carbocycles. The molecule has 210 valence electrons. The number of esters is 1. The van der Waals surface area contributed by atoms with Crippen molar-refractivity contribution in [2.45, 2.75) is 38.7 Å². The van der Waals surface area contributed by atoms with Crippen molar-refractivity contribution in [2.75, 3.05) is 36.4 Å². The Kier molecular flexibility index (Phi) is 8.09. The molecule has 2 fully saturated rings. The number of carbonyl (C=O) groups is 1. The van der Waals surface area contributed by atoms with E-state index in [2.05, 4.69) is 59.7 Å². The van der Waals surface area contributed by atoms with E-state index in [1.165, 1.54) is 5.69 Å². The van der Waals surface area contributed by atoms with Gasteiger partial charge in [-0.3, -0.25) is 4.79 Å². The first-order valence-corrected chi connectivity index (χ1v) is 14.2. The third-order valence-corrected chi connectivity index (χ3v) is 7.52. The summed E-state index contributed by atoms with van der Waals surface area (Å²) in [6.07, 6.45) is 6.67. The van der Waals surface area contributed by atoms with Crippen molar-refractivity contribution in [3.05, 3.63) is 84.1 Å². The van der Waals surface area contributed by atoms with Crippen LogP contribution in [0.4, 0.5) is 17.3 Å². The molecule has 0 amide bonds. The number of aryl methyl sites for hydroxylation is 1. The molecule has 0 aliphatic carbocycles. The molecule has 2 N–H and O–H groups in total. The number of anilines is 3. The van der Waals surface area contributed by atoms with Gasteiger partial charge in [-0.2, -0.15) is 0 Å². The molecule has 6 rings (SSSR count). The van der Waals surface area contributed by atoms with E-state index in [1.54, 1.807) is 18.5 Å². The van der Waals surface area contributed by atoms with Gasteiger partial charge in [0.15, 0.2) is 5.82 Å². The molecule has 1 atom stereocenters.